The summed E-state index contributed by atoms with van der Waals surface area (Å²) in [7, 11) is 1.93. The monoisotopic (exact) mass is 479 g/mol. The molecule has 0 aliphatic carbocycles. The van der Waals surface area contributed by atoms with Crippen LogP contribution in [0, 0.1) is 0 Å². The summed E-state index contributed by atoms with van der Waals surface area (Å²) in [5.41, 5.74) is 0.687. The van der Waals surface area contributed by atoms with Crippen molar-refractivity contribution in [1.82, 2.24) is 4.90 Å². The van der Waals surface area contributed by atoms with Gasteiger partial charge in [-0.25, -0.2) is 0 Å². The molecule has 7 nitrogen and oxygen atoms in total. The van der Waals surface area contributed by atoms with Crippen LogP contribution < -0.4 is 0 Å². The first-order valence-electron chi connectivity index (χ1n) is 8.61. The minimum atomic E-state index is -4.92. The standard InChI is InChI=1S/2C7H6O2.C5H11NO2.Sn/c2*8-7(9)6-4-2-1-3-5-6;1-6(2-4-7)3-5-8;/h2*1-5H,(H,8,9);2-5H2,1H3;/q;;-2;+4/p-2. The van der Waals surface area contributed by atoms with Crippen LogP contribution >= 0.6 is 0 Å². The van der Waals surface area contributed by atoms with Crippen molar-refractivity contribution < 1.29 is 21.9 Å². The third kappa shape index (κ3) is 5.52. The minimum absolute atomic E-state index is 0.247. The van der Waals surface area contributed by atoms with Crippen molar-refractivity contribution in [1.29, 1.82) is 0 Å². The van der Waals surface area contributed by atoms with Crippen LogP contribution in [0.15, 0.2) is 60.7 Å². The van der Waals surface area contributed by atoms with Crippen LogP contribution in [0.4, 0.5) is 0 Å². The topological polar surface area (TPSA) is 74.3 Å². The van der Waals surface area contributed by atoms with E-state index in [1.807, 2.05) is 11.9 Å². The van der Waals surface area contributed by atoms with Gasteiger partial charge in [-0.2, -0.15) is 0 Å². The molecule has 8 heteroatoms. The summed E-state index contributed by atoms with van der Waals surface area (Å²) in [4.78, 5) is 27.2. The van der Waals surface area contributed by atoms with E-state index >= 15 is 0 Å². The molecule has 2 aromatic carbocycles. The zero-order valence-corrected chi connectivity index (χ0v) is 17.9. The van der Waals surface area contributed by atoms with Gasteiger partial charge < -0.3 is 0 Å². The van der Waals surface area contributed by atoms with Crippen LogP contribution in [0.2, 0.25) is 0 Å². The first-order chi connectivity index (χ1) is 13.1. The molecule has 1 fully saturated rings. The number of hydrogen-bond acceptors (Lipinski definition) is 7. The number of likely N-dealkylation sites (N-methyl/N-ethyl adjacent to an activating group) is 1. The van der Waals surface area contributed by atoms with E-state index in [-0.39, 0.29) is 13.2 Å². The fourth-order valence-corrected chi connectivity index (χ4v) is 7.38. The molecule has 0 spiro atoms. The fourth-order valence-electron chi connectivity index (χ4n) is 2.44. The Labute approximate surface area is 163 Å². The van der Waals surface area contributed by atoms with E-state index in [1.165, 1.54) is 0 Å². The van der Waals surface area contributed by atoms with Gasteiger partial charge in [-0.3, -0.25) is 0 Å². The zero-order valence-electron chi connectivity index (χ0n) is 15.0. The summed E-state index contributed by atoms with van der Waals surface area (Å²) in [5, 5.41) is 0. The average molecular weight is 478 g/mol. The van der Waals surface area contributed by atoms with Gasteiger partial charge in [-0.05, 0) is 0 Å². The molecule has 0 bridgehead atoms. The van der Waals surface area contributed by atoms with Crippen molar-refractivity contribution in [2.45, 2.75) is 0 Å². The average Bonchev–Trinajstić information content (AvgIpc) is 2.68. The molecule has 0 N–H and O–H groups in total. The van der Waals surface area contributed by atoms with Gasteiger partial charge in [0.2, 0.25) is 0 Å². The third-order valence-corrected chi connectivity index (χ3v) is 9.63. The normalized spacial score (nSPS) is 17.4. The Bertz CT molecular complexity index is 705. The van der Waals surface area contributed by atoms with Gasteiger partial charge in [-0.1, -0.05) is 0 Å². The second kappa shape index (κ2) is 9.31. The SMILES string of the molecule is CN1CC[O][Sn]([O]C(=O)c2ccccc2)([O]C(=O)c2ccccc2)[O]CC1. The summed E-state index contributed by atoms with van der Waals surface area (Å²) in [6, 6.07) is 17.0. The van der Waals surface area contributed by atoms with Crippen molar-refractivity contribution in [2.75, 3.05) is 33.4 Å². The number of nitrogens with zero attached hydrogens (tertiary/aromatic N) is 1. The van der Waals surface area contributed by atoms with E-state index in [1.54, 1.807) is 60.7 Å². The van der Waals surface area contributed by atoms with E-state index in [0.717, 1.165) is 0 Å². The van der Waals surface area contributed by atoms with Crippen molar-refractivity contribution in [2.24, 2.45) is 0 Å². The Morgan fingerprint density at radius 2 is 1.22 bits per heavy atom. The summed E-state index contributed by atoms with van der Waals surface area (Å²) < 4.78 is 22.8. The zero-order chi connectivity index (χ0) is 19.1. The Morgan fingerprint density at radius 1 is 0.815 bits per heavy atom. The van der Waals surface area contributed by atoms with E-state index in [0.29, 0.717) is 24.2 Å². The predicted molar refractivity (Wildman–Crippen MR) is 98.9 cm³/mol. The van der Waals surface area contributed by atoms with Crippen molar-refractivity contribution in [3.05, 3.63) is 71.8 Å². The molecule has 0 radical (unpaired) electrons. The molecule has 1 aliphatic heterocycles. The molecule has 0 unspecified atom stereocenters. The first kappa shape index (κ1) is 19.8. The van der Waals surface area contributed by atoms with Crippen LogP contribution in [-0.2, 0) is 12.3 Å². The van der Waals surface area contributed by atoms with Crippen LogP contribution in [0.25, 0.3) is 0 Å². The summed E-state index contributed by atoms with van der Waals surface area (Å²) in [6.07, 6.45) is 0. The summed E-state index contributed by atoms with van der Waals surface area (Å²) in [5.74, 6) is -1.25. The molecular weight excluding hydrogens is 457 g/mol. The summed E-state index contributed by atoms with van der Waals surface area (Å²) in [6.45, 7) is 1.73. The van der Waals surface area contributed by atoms with E-state index in [2.05, 4.69) is 0 Å². The van der Waals surface area contributed by atoms with Crippen molar-refractivity contribution >= 4 is 32.0 Å². The second-order valence-corrected chi connectivity index (χ2v) is 11.7. The maximum atomic E-state index is 12.6. The van der Waals surface area contributed by atoms with Gasteiger partial charge in [0.05, 0.1) is 0 Å². The first-order valence-corrected chi connectivity index (χ1v) is 13.3. The van der Waals surface area contributed by atoms with Gasteiger partial charge in [0.15, 0.2) is 0 Å². The molecule has 0 amide bonds. The number of carbonyl (C=O) groups is 2. The van der Waals surface area contributed by atoms with Crippen LogP contribution in [-0.4, -0.2) is 70.2 Å². The van der Waals surface area contributed by atoms with Crippen molar-refractivity contribution in [3.63, 3.8) is 0 Å². The quantitative estimate of drug-likeness (QED) is 0.624. The third-order valence-electron chi connectivity index (χ3n) is 3.96. The molecule has 3 rings (SSSR count). The Hall–Kier alpha value is -1.94. The van der Waals surface area contributed by atoms with E-state index in [9.17, 15) is 9.59 Å². The fraction of sp³-hybridized carbons (Fsp3) is 0.263. The molecule has 0 atom stereocenters. The van der Waals surface area contributed by atoms with E-state index in [4.69, 9.17) is 12.3 Å². The molecule has 0 saturated carbocycles. The molecule has 2 aromatic rings. The molecule has 0 aromatic heterocycles. The van der Waals surface area contributed by atoms with Gasteiger partial charge in [0, 0.05) is 0 Å². The van der Waals surface area contributed by atoms with Crippen LogP contribution in [0.3, 0.4) is 0 Å². The molecule has 27 heavy (non-hydrogen) atoms. The molecule has 1 aliphatic rings. The Kier molecular flexibility index (Phi) is 6.83. The summed E-state index contributed by atoms with van der Waals surface area (Å²) >= 11 is -4.92. The van der Waals surface area contributed by atoms with E-state index < -0.39 is 32.0 Å². The number of hydrogen-bond donors (Lipinski definition) is 0. The number of rotatable bonds is 4. The molecule has 142 valence electrons. The molecular formula is C19H21NO6Sn. The van der Waals surface area contributed by atoms with Gasteiger partial charge in [0.1, 0.15) is 0 Å². The van der Waals surface area contributed by atoms with Gasteiger partial charge >= 0.3 is 164 Å². The Balaban J connectivity index is 1.81. The maximum absolute atomic E-state index is 12.6. The van der Waals surface area contributed by atoms with Crippen LogP contribution in [0.1, 0.15) is 20.7 Å². The molecule has 1 saturated heterocycles. The second-order valence-electron chi connectivity index (χ2n) is 6.01. The Morgan fingerprint density at radius 3 is 1.63 bits per heavy atom. The van der Waals surface area contributed by atoms with Crippen LogP contribution in [0.5, 0.6) is 0 Å². The van der Waals surface area contributed by atoms with Gasteiger partial charge in [-0.15, -0.1) is 0 Å². The number of benzene rings is 2. The van der Waals surface area contributed by atoms with Crippen molar-refractivity contribution in [3.8, 4) is 0 Å². The predicted octanol–water partition coefficient (Wildman–Crippen LogP) is 2.11. The molecule has 1 heterocycles. The van der Waals surface area contributed by atoms with Gasteiger partial charge in [0.25, 0.3) is 0 Å². The number of carbonyl (C=O) groups excluding carboxylic acids is 2.